The number of ketones is 1. The van der Waals surface area contributed by atoms with Gasteiger partial charge in [-0.2, -0.15) is 0 Å². The molecule has 0 radical (unpaired) electrons. The van der Waals surface area contributed by atoms with Crippen molar-refractivity contribution in [2.24, 2.45) is 0 Å². The normalized spacial score (nSPS) is 12.9. The van der Waals surface area contributed by atoms with Crippen LogP contribution in [0.2, 0.25) is 0 Å². The molecule has 1 heterocycles. The van der Waals surface area contributed by atoms with Crippen LogP contribution < -0.4 is 0 Å². The van der Waals surface area contributed by atoms with Crippen molar-refractivity contribution in [2.45, 2.75) is 6.92 Å². The number of aryl methyl sites for hydroxylation is 1. The van der Waals surface area contributed by atoms with E-state index in [1.54, 1.807) is 24.3 Å². The summed E-state index contributed by atoms with van der Waals surface area (Å²) < 4.78 is 0. The highest BCUT2D eigenvalue weighted by molar-refractivity contribution is 6.31. The third kappa shape index (κ3) is 1.85. The molecule has 1 aliphatic carbocycles. The van der Waals surface area contributed by atoms with Gasteiger partial charge in [-0.25, -0.2) is 0 Å². The first-order valence-electron chi connectivity index (χ1n) is 7.33. The highest BCUT2D eigenvalue weighted by atomic mass is 16.3. The van der Waals surface area contributed by atoms with E-state index >= 15 is 0 Å². The molecule has 0 saturated heterocycles. The molecule has 0 aliphatic heterocycles. The van der Waals surface area contributed by atoms with Gasteiger partial charge in [-0.15, -0.1) is 0 Å². The molecule has 3 aromatic rings. The number of nitrogens with one attached hydrogen (secondary N) is 2. The predicted molar refractivity (Wildman–Crippen MR) is 88.4 cm³/mol. The van der Waals surface area contributed by atoms with E-state index < -0.39 is 0 Å². The highest BCUT2D eigenvalue weighted by Gasteiger charge is 2.34. The lowest BCUT2D eigenvalue weighted by Crippen LogP contribution is -2.19. The van der Waals surface area contributed by atoms with Crippen molar-refractivity contribution in [3.8, 4) is 17.1 Å². The number of aromatic hydroxyl groups is 1. The predicted octanol–water partition coefficient (Wildman–Crippen LogP) is 3.66. The zero-order valence-electron chi connectivity index (χ0n) is 12.5. The molecule has 0 unspecified atom stereocenters. The topological polar surface area (TPSA) is 76.9 Å². The Morgan fingerprint density at radius 1 is 0.957 bits per heavy atom. The van der Waals surface area contributed by atoms with Crippen molar-refractivity contribution < 1.29 is 9.90 Å². The number of benzene rings is 2. The van der Waals surface area contributed by atoms with Crippen LogP contribution in [0.15, 0.2) is 48.5 Å². The monoisotopic (exact) mass is 302 g/mol. The van der Waals surface area contributed by atoms with Gasteiger partial charge in [0.25, 0.3) is 0 Å². The molecule has 0 spiro atoms. The first kappa shape index (κ1) is 13.5. The van der Waals surface area contributed by atoms with E-state index in [9.17, 15) is 9.90 Å². The number of H-pyrrole nitrogens is 1. The zero-order valence-corrected chi connectivity index (χ0v) is 12.5. The number of hydrogen-bond donors (Lipinski definition) is 3. The Hall–Kier alpha value is -3.14. The first-order chi connectivity index (χ1) is 11.1. The second-order valence-electron chi connectivity index (χ2n) is 5.71. The molecule has 0 saturated carbocycles. The Bertz CT molecular complexity index is 966. The van der Waals surface area contributed by atoms with Crippen molar-refractivity contribution in [1.29, 1.82) is 5.41 Å². The number of hydrogen-bond acceptors (Lipinski definition) is 3. The van der Waals surface area contributed by atoms with Gasteiger partial charge in [-0.3, -0.25) is 10.2 Å². The van der Waals surface area contributed by atoms with Gasteiger partial charge in [0, 0.05) is 11.1 Å². The van der Waals surface area contributed by atoms with Crippen LogP contribution in [0.25, 0.3) is 11.3 Å². The highest BCUT2D eigenvalue weighted by Crippen LogP contribution is 2.38. The largest absolute Gasteiger partial charge is 0.494 e. The number of aromatic nitrogens is 1. The fraction of sp³-hybridized carbons (Fsp3) is 0.0526. The van der Waals surface area contributed by atoms with E-state index in [-0.39, 0.29) is 22.9 Å². The van der Waals surface area contributed by atoms with Crippen LogP contribution in [0.1, 0.15) is 32.6 Å². The minimum absolute atomic E-state index is 0.136. The molecule has 4 nitrogen and oxygen atoms in total. The summed E-state index contributed by atoms with van der Waals surface area (Å²) in [6.45, 7) is 1.99. The summed E-state index contributed by atoms with van der Waals surface area (Å²) in [5.74, 6) is -0.304. The molecule has 2 aromatic carbocycles. The number of aromatic amines is 1. The van der Waals surface area contributed by atoms with E-state index in [1.165, 1.54) is 0 Å². The van der Waals surface area contributed by atoms with Crippen LogP contribution in [-0.4, -0.2) is 21.6 Å². The van der Waals surface area contributed by atoms with Crippen molar-refractivity contribution in [3.63, 3.8) is 0 Å². The molecule has 0 atom stereocenters. The molecule has 0 bridgehead atoms. The van der Waals surface area contributed by atoms with Gasteiger partial charge in [-0.1, -0.05) is 54.1 Å². The minimum atomic E-state index is -0.168. The van der Waals surface area contributed by atoms with Gasteiger partial charge < -0.3 is 10.1 Å². The summed E-state index contributed by atoms with van der Waals surface area (Å²) in [6, 6.07) is 14.7. The fourth-order valence-corrected chi connectivity index (χ4v) is 3.06. The van der Waals surface area contributed by atoms with Crippen LogP contribution in [0.3, 0.4) is 0 Å². The van der Waals surface area contributed by atoms with E-state index in [1.807, 2.05) is 31.2 Å². The SMILES string of the molecule is Cc1ccc(-c2[nH]c(O)c3c2C(=O)c2ccccc2C3=N)cc1. The lowest BCUT2D eigenvalue weighted by molar-refractivity contribution is 0.103. The summed E-state index contributed by atoms with van der Waals surface area (Å²) in [4.78, 5) is 15.8. The Balaban J connectivity index is 1.99. The Morgan fingerprint density at radius 2 is 1.61 bits per heavy atom. The van der Waals surface area contributed by atoms with Crippen molar-refractivity contribution in [1.82, 2.24) is 4.98 Å². The number of carbonyl (C=O) groups is 1. The van der Waals surface area contributed by atoms with E-state index in [2.05, 4.69) is 4.98 Å². The molecular formula is C19H14N2O2. The van der Waals surface area contributed by atoms with Gasteiger partial charge >= 0.3 is 0 Å². The maximum Gasteiger partial charge on any atom is 0.199 e. The average molecular weight is 302 g/mol. The van der Waals surface area contributed by atoms with Crippen LogP contribution in [0.5, 0.6) is 5.88 Å². The van der Waals surface area contributed by atoms with Crippen LogP contribution in [-0.2, 0) is 0 Å². The third-order valence-corrected chi connectivity index (χ3v) is 4.24. The van der Waals surface area contributed by atoms with Crippen molar-refractivity contribution >= 4 is 11.5 Å². The lowest BCUT2D eigenvalue weighted by atomic mass is 9.84. The quantitative estimate of drug-likeness (QED) is 0.502. The molecular weight excluding hydrogens is 288 g/mol. The smallest absolute Gasteiger partial charge is 0.199 e. The molecule has 4 heteroatoms. The lowest BCUT2D eigenvalue weighted by Gasteiger charge is -2.17. The first-order valence-corrected chi connectivity index (χ1v) is 7.33. The van der Waals surface area contributed by atoms with Gasteiger partial charge in [-0.05, 0) is 12.5 Å². The molecule has 1 aliphatic rings. The zero-order chi connectivity index (χ0) is 16.1. The van der Waals surface area contributed by atoms with Crippen molar-refractivity contribution in [3.05, 3.63) is 76.3 Å². The maximum absolute atomic E-state index is 12.9. The molecule has 0 amide bonds. The van der Waals surface area contributed by atoms with Crippen LogP contribution in [0.4, 0.5) is 0 Å². The fourth-order valence-electron chi connectivity index (χ4n) is 3.06. The minimum Gasteiger partial charge on any atom is -0.494 e. The van der Waals surface area contributed by atoms with Crippen molar-refractivity contribution in [2.75, 3.05) is 0 Å². The second-order valence-corrected chi connectivity index (χ2v) is 5.71. The summed E-state index contributed by atoms with van der Waals surface area (Å²) in [5.41, 5.74) is 4.35. The van der Waals surface area contributed by atoms with Gasteiger partial charge in [0.15, 0.2) is 11.7 Å². The third-order valence-electron chi connectivity index (χ3n) is 4.24. The van der Waals surface area contributed by atoms with E-state index in [0.29, 0.717) is 22.4 Å². The van der Waals surface area contributed by atoms with Crippen LogP contribution >= 0.6 is 0 Å². The Morgan fingerprint density at radius 3 is 2.30 bits per heavy atom. The summed E-state index contributed by atoms with van der Waals surface area (Å²) in [5, 5.41) is 18.6. The Labute approximate surface area is 132 Å². The number of fused-ring (bicyclic) bond motifs is 2. The molecule has 4 rings (SSSR count). The molecule has 112 valence electrons. The molecule has 3 N–H and O–H groups in total. The van der Waals surface area contributed by atoms with Gasteiger partial charge in [0.1, 0.15) is 0 Å². The summed E-state index contributed by atoms with van der Waals surface area (Å²) in [6.07, 6.45) is 0. The Kier molecular flexibility index (Phi) is 2.75. The standard InChI is InChI=1S/C19H14N2O2/c1-10-6-8-11(9-7-10)17-15-14(19(23)21-17)16(20)12-4-2-3-5-13(12)18(15)22/h2-9,20-21,23H,1H3. The second kappa shape index (κ2) is 4.68. The molecule has 23 heavy (non-hydrogen) atoms. The van der Waals surface area contributed by atoms with Gasteiger partial charge in [0.2, 0.25) is 0 Å². The van der Waals surface area contributed by atoms with E-state index in [4.69, 9.17) is 5.41 Å². The molecule has 1 aromatic heterocycles. The van der Waals surface area contributed by atoms with Crippen LogP contribution in [0, 0.1) is 12.3 Å². The summed E-state index contributed by atoms with van der Waals surface area (Å²) >= 11 is 0. The average Bonchev–Trinajstić information content (AvgIpc) is 2.91. The summed E-state index contributed by atoms with van der Waals surface area (Å²) in [7, 11) is 0. The number of carbonyl (C=O) groups excluding carboxylic acids is 1. The van der Waals surface area contributed by atoms with E-state index in [0.717, 1.165) is 11.1 Å². The number of rotatable bonds is 1. The van der Waals surface area contributed by atoms with Gasteiger partial charge in [0.05, 0.1) is 22.5 Å². The maximum atomic E-state index is 12.9. The molecule has 0 fully saturated rings.